The molecule has 1 aliphatic carbocycles. The van der Waals surface area contributed by atoms with E-state index in [2.05, 4.69) is 19.2 Å². The zero-order chi connectivity index (χ0) is 14.6. The van der Waals surface area contributed by atoms with Crippen LogP contribution in [0.15, 0.2) is 30.3 Å². The zero-order valence-electron chi connectivity index (χ0n) is 12.6. The summed E-state index contributed by atoms with van der Waals surface area (Å²) in [5.74, 6) is 0.383. The van der Waals surface area contributed by atoms with E-state index in [4.69, 9.17) is 5.73 Å². The summed E-state index contributed by atoms with van der Waals surface area (Å²) in [6.07, 6.45) is 4.17. The number of nitrogens with one attached hydrogen (secondary N) is 1. The fourth-order valence-electron chi connectivity index (χ4n) is 2.96. The minimum absolute atomic E-state index is 0.0785. The fourth-order valence-corrected chi connectivity index (χ4v) is 2.96. The number of benzene rings is 1. The zero-order valence-corrected chi connectivity index (χ0v) is 12.6. The Labute approximate surface area is 121 Å². The van der Waals surface area contributed by atoms with Crippen LogP contribution < -0.4 is 11.1 Å². The van der Waals surface area contributed by atoms with Crippen molar-refractivity contribution in [2.24, 2.45) is 11.7 Å². The molecule has 0 heterocycles. The number of hydrogen-bond donors (Lipinski definition) is 2. The van der Waals surface area contributed by atoms with Crippen LogP contribution in [0.5, 0.6) is 0 Å². The molecule has 2 atom stereocenters. The molecule has 1 aromatic carbocycles. The Morgan fingerprint density at radius 2 is 2.00 bits per heavy atom. The summed E-state index contributed by atoms with van der Waals surface area (Å²) in [6, 6.07) is 10.1. The van der Waals surface area contributed by atoms with Crippen LogP contribution in [0.25, 0.3) is 0 Å². The van der Waals surface area contributed by atoms with Gasteiger partial charge in [0.1, 0.15) is 0 Å². The Morgan fingerprint density at radius 1 is 1.35 bits per heavy atom. The van der Waals surface area contributed by atoms with Crippen LogP contribution in [0, 0.1) is 5.92 Å². The Bertz CT molecular complexity index is 434. The second-order valence-electron chi connectivity index (χ2n) is 6.10. The number of nitrogens with two attached hydrogens (primary N) is 1. The molecule has 2 rings (SSSR count). The van der Waals surface area contributed by atoms with E-state index in [9.17, 15) is 4.79 Å². The Hall–Kier alpha value is -1.35. The van der Waals surface area contributed by atoms with Crippen LogP contribution >= 0.6 is 0 Å². The van der Waals surface area contributed by atoms with Gasteiger partial charge in [-0.3, -0.25) is 4.79 Å². The van der Waals surface area contributed by atoms with Crippen LogP contribution in [0.1, 0.15) is 51.0 Å². The van der Waals surface area contributed by atoms with Gasteiger partial charge >= 0.3 is 0 Å². The molecule has 0 saturated heterocycles. The molecule has 20 heavy (non-hydrogen) atoms. The maximum atomic E-state index is 12.7. The highest BCUT2D eigenvalue weighted by Gasteiger charge is 2.39. The highest BCUT2D eigenvalue weighted by molar-refractivity contribution is 5.84. The predicted octanol–water partition coefficient (Wildman–Crippen LogP) is 2.81. The molecule has 110 valence electrons. The largest absolute Gasteiger partial charge is 0.349 e. The summed E-state index contributed by atoms with van der Waals surface area (Å²) in [5.41, 5.74) is 6.81. The van der Waals surface area contributed by atoms with Crippen LogP contribution in [0.4, 0.5) is 0 Å². The number of hydrogen-bond acceptors (Lipinski definition) is 2. The van der Waals surface area contributed by atoms with Crippen molar-refractivity contribution in [1.82, 2.24) is 5.32 Å². The molecule has 1 saturated carbocycles. The summed E-state index contributed by atoms with van der Waals surface area (Å²) in [5, 5.41) is 3.23. The van der Waals surface area contributed by atoms with Gasteiger partial charge in [-0.1, -0.05) is 50.6 Å². The van der Waals surface area contributed by atoms with Gasteiger partial charge in [-0.05, 0) is 30.7 Å². The van der Waals surface area contributed by atoms with Crippen molar-refractivity contribution in [2.75, 3.05) is 6.54 Å². The van der Waals surface area contributed by atoms with E-state index in [1.54, 1.807) is 0 Å². The number of carbonyl (C=O) groups excluding carboxylic acids is 1. The number of carbonyl (C=O) groups is 1. The Kier molecular flexibility index (Phi) is 4.81. The van der Waals surface area contributed by atoms with E-state index in [0.29, 0.717) is 12.5 Å². The molecule has 1 amide bonds. The van der Waals surface area contributed by atoms with Gasteiger partial charge in [-0.15, -0.1) is 0 Å². The first-order valence-electron chi connectivity index (χ1n) is 7.69. The normalized spacial score (nSPS) is 19.8. The van der Waals surface area contributed by atoms with Gasteiger partial charge in [0.25, 0.3) is 0 Å². The third kappa shape index (κ3) is 3.04. The molecule has 0 radical (unpaired) electrons. The van der Waals surface area contributed by atoms with E-state index in [0.717, 1.165) is 31.2 Å². The van der Waals surface area contributed by atoms with Crippen molar-refractivity contribution >= 4 is 5.91 Å². The smallest absolute Gasteiger partial charge is 0.228 e. The second-order valence-corrected chi connectivity index (χ2v) is 6.10. The van der Waals surface area contributed by atoms with E-state index in [-0.39, 0.29) is 17.4 Å². The molecular formula is C17H26N2O. The monoisotopic (exact) mass is 274 g/mol. The minimum atomic E-state index is -0.141. The van der Waals surface area contributed by atoms with Gasteiger partial charge in [0, 0.05) is 6.54 Å². The van der Waals surface area contributed by atoms with E-state index in [1.165, 1.54) is 0 Å². The maximum absolute atomic E-state index is 12.7. The predicted molar refractivity (Wildman–Crippen MR) is 82.4 cm³/mol. The van der Waals surface area contributed by atoms with Gasteiger partial charge in [0.2, 0.25) is 5.91 Å². The number of amides is 1. The molecular weight excluding hydrogens is 248 g/mol. The van der Waals surface area contributed by atoms with Crippen molar-refractivity contribution in [3.05, 3.63) is 35.9 Å². The highest BCUT2D eigenvalue weighted by Crippen LogP contribution is 2.33. The molecule has 3 heteroatoms. The Morgan fingerprint density at radius 3 is 2.45 bits per heavy atom. The lowest BCUT2D eigenvalue weighted by atomic mass is 9.75. The second kappa shape index (κ2) is 6.40. The first-order valence-corrected chi connectivity index (χ1v) is 7.69. The SMILES string of the molecule is CCC(C)C(C(=O)NC1(CN)CCC1)c1ccccc1. The summed E-state index contributed by atoms with van der Waals surface area (Å²) < 4.78 is 0. The Balaban J connectivity index is 2.17. The van der Waals surface area contributed by atoms with Crippen molar-refractivity contribution in [1.29, 1.82) is 0 Å². The van der Waals surface area contributed by atoms with Crippen LogP contribution in [0.2, 0.25) is 0 Å². The maximum Gasteiger partial charge on any atom is 0.228 e. The van der Waals surface area contributed by atoms with Crippen LogP contribution in [0.3, 0.4) is 0 Å². The summed E-state index contributed by atoms with van der Waals surface area (Å²) in [4.78, 5) is 12.7. The lowest BCUT2D eigenvalue weighted by Crippen LogP contribution is -2.59. The van der Waals surface area contributed by atoms with Crippen LogP contribution in [-0.4, -0.2) is 18.0 Å². The van der Waals surface area contributed by atoms with E-state index < -0.39 is 0 Å². The molecule has 0 spiro atoms. The molecule has 1 aromatic rings. The lowest BCUT2D eigenvalue weighted by Gasteiger charge is -2.43. The highest BCUT2D eigenvalue weighted by atomic mass is 16.2. The van der Waals surface area contributed by atoms with Crippen LogP contribution in [-0.2, 0) is 4.79 Å². The summed E-state index contributed by atoms with van der Waals surface area (Å²) >= 11 is 0. The van der Waals surface area contributed by atoms with Gasteiger partial charge in [-0.2, -0.15) is 0 Å². The summed E-state index contributed by atoms with van der Waals surface area (Å²) in [7, 11) is 0. The molecule has 2 unspecified atom stereocenters. The quantitative estimate of drug-likeness (QED) is 0.838. The molecule has 0 aliphatic heterocycles. The van der Waals surface area contributed by atoms with Gasteiger partial charge in [-0.25, -0.2) is 0 Å². The van der Waals surface area contributed by atoms with Gasteiger partial charge in [0.05, 0.1) is 11.5 Å². The van der Waals surface area contributed by atoms with Gasteiger partial charge in [0.15, 0.2) is 0 Å². The first kappa shape index (κ1) is 15.0. The fraction of sp³-hybridized carbons (Fsp3) is 0.588. The van der Waals surface area contributed by atoms with E-state index >= 15 is 0 Å². The molecule has 1 fully saturated rings. The standard InChI is InChI=1S/C17H26N2O/c1-3-13(2)15(14-8-5-4-6-9-14)16(20)19-17(12-18)10-7-11-17/h4-6,8-9,13,15H,3,7,10-12,18H2,1-2H3,(H,19,20). The third-order valence-electron chi connectivity index (χ3n) is 4.74. The van der Waals surface area contributed by atoms with Crippen molar-refractivity contribution in [2.45, 2.75) is 51.0 Å². The first-order chi connectivity index (χ1) is 9.62. The van der Waals surface area contributed by atoms with E-state index in [1.807, 2.05) is 30.3 Å². The third-order valence-corrected chi connectivity index (χ3v) is 4.74. The average molecular weight is 274 g/mol. The number of rotatable bonds is 6. The lowest BCUT2D eigenvalue weighted by molar-refractivity contribution is -0.126. The molecule has 0 aromatic heterocycles. The van der Waals surface area contributed by atoms with Gasteiger partial charge < -0.3 is 11.1 Å². The van der Waals surface area contributed by atoms with Crippen molar-refractivity contribution in [3.63, 3.8) is 0 Å². The van der Waals surface area contributed by atoms with Crippen molar-refractivity contribution < 1.29 is 4.79 Å². The molecule has 3 N–H and O–H groups in total. The molecule has 1 aliphatic rings. The average Bonchev–Trinajstić information content (AvgIpc) is 2.44. The minimum Gasteiger partial charge on any atom is -0.349 e. The topological polar surface area (TPSA) is 55.1 Å². The van der Waals surface area contributed by atoms with Crippen molar-refractivity contribution in [3.8, 4) is 0 Å². The molecule has 3 nitrogen and oxygen atoms in total. The summed E-state index contributed by atoms with van der Waals surface area (Å²) in [6.45, 7) is 4.82. The molecule has 0 bridgehead atoms.